The first-order valence-corrected chi connectivity index (χ1v) is 7.27. The predicted molar refractivity (Wildman–Crippen MR) is 65.6 cm³/mol. The molecule has 0 rings (SSSR count). The van der Waals surface area contributed by atoms with Gasteiger partial charge in [-0.2, -0.15) is 0 Å². The molecule has 0 aromatic rings. The van der Waals surface area contributed by atoms with Gasteiger partial charge in [0.2, 0.25) is 15.9 Å². The first kappa shape index (κ1) is 16.8. The van der Waals surface area contributed by atoms with E-state index in [2.05, 4.69) is 15.4 Å². The maximum atomic E-state index is 10.7. The lowest BCUT2D eigenvalue weighted by molar-refractivity contribution is -0.141. The number of hydrogen-bond donors (Lipinski definition) is 4. The largest absolute Gasteiger partial charge is 0.480 e. The number of nitrogens with one attached hydrogen (secondary N) is 3. The third kappa shape index (κ3) is 10.00. The predicted octanol–water partition coefficient (Wildman–Crippen LogP) is -1.90. The number of carboxylic acid groups (broad SMARTS) is 1. The van der Waals surface area contributed by atoms with Crippen LogP contribution in [0.3, 0.4) is 0 Å². The monoisotopic (exact) mass is 281 g/mol. The van der Waals surface area contributed by atoms with Crippen molar-refractivity contribution in [2.45, 2.75) is 19.4 Å². The standard InChI is InChI=1S/C9H19N3O5S/c1-7(13)12-8(9(14)15)6-10-4-3-5-11-18(2,16)17/h8,10-11H,3-6H2,1-2H3,(H,12,13)(H,14,15). The van der Waals surface area contributed by atoms with E-state index in [1.807, 2.05) is 0 Å². The van der Waals surface area contributed by atoms with Gasteiger partial charge >= 0.3 is 5.97 Å². The highest BCUT2D eigenvalue weighted by Gasteiger charge is 2.17. The Morgan fingerprint density at radius 3 is 2.33 bits per heavy atom. The van der Waals surface area contributed by atoms with Gasteiger partial charge in [0.15, 0.2) is 0 Å². The molecule has 1 amide bonds. The summed E-state index contributed by atoms with van der Waals surface area (Å²) in [6, 6.07) is -0.981. The zero-order valence-corrected chi connectivity index (χ0v) is 11.2. The molecule has 8 nitrogen and oxygen atoms in total. The fourth-order valence-corrected chi connectivity index (χ4v) is 1.68. The van der Waals surface area contributed by atoms with Crippen LogP contribution < -0.4 is 15.4 Å². The molecule has 0 fully saturated rings. The molecule has 0 bridgehead atoms. The minimum atomic E-state index is -3.19. The highest BCUT2D eigenvalue weighted by Crippen LogP contribution is 1.84. The Bertz CT molecular complexity index is 382. The molecule has 0 aliphatic carbocycles. The number of hydrogen-bond acceptors (Lipinski definition) is 5. The number of carbonyl (C=O) groups excluding carboxylic acids is 1. The molecular formula is C9H19N3O5S. The Balaban J connectivity index is 3.74. The molecule has 106 valence electrons. The second kappa shape index (κ2) is 8.01. The SMILES string of the molecule is CC(=O)NC(CNCCCNS(C)(=O)=O)C(=O)O. The van der Waals surface area contributed by atoms with E-state index in [4.69, 9.17) is 5.11 Å². The average Bonchev–Trinajstić information content (AvgIpc) is 2.18. The maximum absolute atomic E-state index is 10.7. The Morgan fingerprint density at radius 2 is 1.89 bits per heavy atom. The molecule has 0 aliphatic heterocycles. The van der Waals surface area contributed by atoms with Crippen LogP contribution in [-0.4, -0.2) is 57.3 Å². The number of amides is 1. The first-order chi connectivity index (χ1) is 8.22. The molecular weight excluding hydrogens is 262 g/mol. The van der Waals surface area contributed by atoms with Crippen molar-refractivity contribution in [2.24, 2.45) is 0 Å². The topological polar surface area (TPSA) is 125 Å². The van der Waals surface area contributed by atoms with Gasteiger partial charge in [-0.05, 0) is 13.0 Å². The van der Waals surface area contributed by atoms with E-state index in [0.717, 1.165) is 6.26 Å². The molecule has 0 aliphatic rings. The van der Waals surface area contributed by atoms with Crippen molar-refractivity contribution in [1.82, 2.24) is 15.4 Å². The number of carboxylic acids is 1. The van der Waals surface area contributed by atoms with Gasteiger partial charge < -0.3 is 15.7 Å². The fourth-order valence-electron chi connectivity index (χ4n) is 1.16. The third-order valence-corrected chi connectivity index (χ3v) is 2.65. The molecule has 1 atom stereocenters. The lowest BCUT2D eigenvalue weighted by atomic mass is 10.3. The number of aliphatic carboxylic acids is 1. The van der Waals surface area contributed by atoms with Crippen LogP contribution in [0.5, 0.6) is 0 Å². The summed E-state index contributed by atoms with van der Waals surface area (Å²) in [5.41, 5.74) is 0. The summed E-state index contributed by atoms with van der Waals surface area (Å²) in [4.78, 5) is 21.5. The van der Waals surface area contributed by atoms with Crippen molar-refractivity contribution in [3.63, 3.8) is 0 Å². The molecule has 0 aromatic carbocycles. The fraction of sp³-hybridized carbons (Fsp3) is 0.778. The quantitative estimate of drug-likeness (QED) is 0.366. The van der Waals surface area contributed by atoms with E-state index >= 15 is 0 Å². The third-order valence-electron chi connectivity index (χ3n) is 1.92. The van der Waals surface area contributed by atoms with Crippen molar-refractivity contribution in [2.75, 3.05) is 25.9 Å². The van der Waals surface area contributed by atoms with Crippen LogP contribution in [0.4, 0.5) is 0 Å². The molecule has 0 spiro atoms. The smallest absolute Gasteiger partial charge is 0.327 e. The van der Waals surface area contributed by atoms with E-state index < -0.39 is 27.9 Å². The minimum absolute atomic E-state index is 0.0911. The molecule has 0 heterocycles. The number of sulfonamides is 1. The number of rotatable bonds is 9. The van der Waals surface area contributed by atoms with Crippen LogP contribution in [0.2, 0.25) is 0 Å². The second-order valence-electron chi connectivity index (χ2n) is 3.82. The molecule has 18 heavy (non-hydrogen) atoms. The van der Waals surface area contributed by atoms with Crippen molar-refractivity contribution in [1.29, 1.82) is 0 Å². The summed E-state index contributed by atoms with van der Waals surface area (Å²) >= 11 is 0. The zero-order chi connectivity index (χ0) is 14.2. The van der Waals surface area contributed by atoms with E-state index in [-0.39, 0.29) is 13.1 Å². The Labute approximate surface area is 106 Å². The summed E-state index contributed by atoms with van der Waals surface area (Å²) < 4.78 is 23.8. The van der Waals surface area contributed by atoms with Crippen LogP contribution >= 0.6 is 0 Å². The van der Waals surface area contributed by atoms with Gasteiger partial charge in [-0.3, -0.25) is 4.79 Å². The Morgan fingerprint density at radius 1 is 1.28 bits per heavy atom. The van der Waals surface area contributed by atoms with Crippen molar-refractivity contribution in [3.05, 3.63) is 0 Å². The van der Waals surface area contributed by atoms with E-state index in [1.165, 1.54) is 6.92 Å². The normalized spacial score (nSPS) is 13.0. The van der Waals surface area contributed by atoms with Gasteiger partial charge in [-0.25, -0.2) is 17.9 Å². The summed E-state index contributed by atoms with van der Waals surface area (Å²) in [5, 5.41) is 13.9. The van der Waals surface area contributed by atoms with Crippen LogP contribution in [0.25, 0.3) is 0 Å². The number of carbonyl (C=O) groups is 2. The van der Waals surface area contributed by atoms with E-state index in [9.17, 15) is 18.0 Å². The summed E-state index contributed by atoms with van der Waals surface area (Å²) in [7, 11) is -3.19. The maximum Gasteiger partial charge on any atom is 0.327 e. The van der Waals surface area contributed by atoms with Crippen LogP contribution in [0.15, 0.2) is 0 Å². The Kier molecular flexibility index (Phi) is 7.48. The van der Waals surface area contributed by atoms with Crippen molar-refractivity contribution < 1.29 is 23.1 Å². The lowest BCUT2D eigenvalue weighted by Gasteiger charge is -2.13. The molecule has 0 radical (unpaired) electrons. The van der Waals surface area contributed by atoms with Crippen LogP contribution in [0, 0.1) is 0 Å². The van der Waals surface area contributed by atoms with Gasteiger partial charge in [0, 0.05) is 20.0 Å². The van der Waals surface area contributed by atoms with Crippen molar-refractivity contribution in [3.8, 4) is 0 Å². The first-order valence-electron chi connectivity index (χ1n) is 5.37. The zero-order valence-electron chi connectivity index (χ0n) is 10.4. The summed E-state index contributed by atoms with van der Waals surface area (Å²) in [5.74, 6) is -1.53. The van der Waals surface area contributed by atoms with Crippen molar-refractivity contribution >= 4 is 21.9 Å². The van der Waals surface area contributed by atoms with Crippen LogP contribution in [0.1, 0.15) is 13.3 Å². The molecule has 9 heteroatoms. The van der Waals surface area contributed by atoms with Gasteiger partial charge in [-0.1, -0.05) is 0 Å². The van der Waals surface area contributed by atoms with E-state index in [0.29, 0.717) is 13.0 Å². The molecule has 0 saturated heterocycles. The summed E-state index contributed by atoms with van der Waals surface area (Å²) in [6.07, 6.45) is 1.59. The van der Waals surface area contributed by atoms with E-state index in [1.54, 1.807) is 0 Å². The van der Waals surface area contributed by atoms with Gasteiger partial charge in [0.05, 0.1) is 6.26 Å². The molecule has 4 N–H and O–H groups in total. The summed E-state index contributed by atoms with van der Waals surface area (Å²) in [6.45, 7) is 2.06. The molecule has 0 aromatic heterocycles. The average molecular weight is 281 g/mol. The lowest BCUT2D eigenvalue weighted by Crippen LogP contribution is -2.46. The molecule has 0 saturated carbocycles. The highest BCUT2D eigenvalue weighted by atomic mass is 32.2. The minimum Gasteiger partial charge on any atom is -0.480 e. The Hall–Kier alpha value is -1.19. The van der Waals surface area contributed by atoms with Crippen LogP contribution in [-0.2, 0) is 19.6 Å². The van der Waals surface area contributed by atoms with Gasteiger partial charge in [-0.15, -0.1) is 0 Å². The van der Waals surface area contributed by atoms with Gasteiger partial charge in [0.1, 0.15) is 6.04 Å². The second-order valence-corrected chi connectivity index (χ2v) is 5.65. The van der Waals surface area contributed by atoms with Gasteiger partial charge in [0.25, 0.3) is 0 Å². The highest BCUT2D eigenvalue weighted by molar-refractivity contribution is 7.88. The molecule has 1 unspecified atom stereocenters.